The number of fused-ring (bicyclic) bond motifs is 1. The number of benzene rings is 2. The average molecular weight is 400 g/mol. The van der Waals surface area contributed by atoms with Gasteiger partial charge in [-0.1, -0.05) is 30.3 Å². The molecule has 1 aliphatic rings. The smallest absolute Gasteiger partial charge is 0.223 e. The van der Waals surface area contributed by atoms with Crippen molar-refractivity contribution in [2.75, 3.05) is 13.6 Å². The van der Waals surface area contributed by atoms with Crippen LogP contribution in [0.5, 0.6) is 0 Å². The first-order valence-electron chi connectivity index (χ1n) is 9.74. The van der Waals surface area contributed by atoms with Crippen molar-refractivity contribution in [3.8, 4) is 0 Å². The molecule has 29 heavy (non-hydrogen) atoms. The van der Waals surface area contributed by atoms with Crippen molar-refractivity contribution >= 4 is 11.9 Å². The molecule has 1 heterocycles. The minimum Gasteiger partial charge on any atom is -0.356 e. The molecule has 5 nitrogen and oxygen atoms in total. The maximum atomic E-state index is 13.4. The van der Waals surface area contributed by atoms with Crippen LogP contribution in [0, 0.1) is 11.6 Å². The first-order valence-corrected chi connectivity index (χ1v) is 9.74. The van der Waals surface area contributed by atoms with Crippen LogP contribution in [-0.2, 0) is 17.9 Å². The lowest BCUT2D eigenvalue weighted by atomic mass is 10.1. The second-order valence-corrected chi connectivity index (χ2v) is 7.16. The topological polar surface area (TPSA) is 56.7 Å². The number of carbonyl (C=O) groups is 1. The van der Waals surface area contributed by atoms with Crippen molar-refractivity contribution < 1.29 is 13.6 Å². The number of rotatable bonds is 6. The minimum atomic E-state index is -0.873. The largest absolute Gasteiger partial charge is 0.356 e. The normalized spacial score (nSPS) is 14.5. The van der Waals surface area contributed by atoms with Crippen molar-refractivity contribution in [1.82, 2.24) is 15.5 Å². The fraction of sp³-hybridized carbons (Fsp3) is 0.364. The molecule has 0 saturated carbocycles. The van der Waals surface area contributed by atoms with Crippen molar-refractivity contribution in [3.63, 3.8) is 0 Å². The molecule has 2 aromatic rings. The van der Waals surface area contributed by atoms with E-state index in [0.717, 1.165) is 6.07 Å². The Morgan fingerprint density at radius 1 is 1.14 bits per heavy atom. The highest BCUT2D eigenvalue weighted by molar-refractivity contribution is 5.80. The Bertz CT molecular complexity index is 875. The van der Waals surface area contributed by atoms with Crippen molar-refractivity contribution in [3.05, 3.63) is 70.8 Å². The third-order valence-electron chi connectivity index (χ3n) is 5.07. The second kappa shape index (κ2) is 9.49. The molecule has 0 spiro atoms. The fourth-order valence-electron chi connectivity index (χ4n) is 3.38. The highest BCUT2D eigenvalue weighted by atomic mass is 19.2. The van der Waals surface area contributed by atoms with Gasteiger partial charge in [0, 0.05) is 33.1 Å². The van der Waals surface area contributed by atoms with E-state index in [2.05, 4.69) is 27.8 Å². The van der Waals surface area contributed by atoms with Gasteiger partial charge in [0.05, 0.1) is 6.04 Å². The van der Waals surface area contributed by atoms with Gasteiger partial charge in [0.25, 0.3) is 0 Å². The predicted molar refractivity (Wildman–Crippen MR) is 109 cm³/mol. The van der Waals surface area contributed by atoms with E-state index in [9.17, 15) is 13.6 Å². The molecule has 2 aromatic carbocycles. The summed E-state index contributed by atoms with van der Waals surface area (Å²) < 4.78 is 26.5. The van der Waals surface area contributed by atoms with Gasteiger partial charge in [0.2, 0.25) is 5.91 Å². The van der Waals surface area contributed by atoms with Gasteiger partial charge in [-0.3, -0.25) is 9.79 Å². The van der Waals surface area contributed by atoms with Gasteiger partial charge >= 0.3 is 0 Å². The van der Waals surface area contributed by atoms with E-state index >= 15 is 0 Å². The zero-order chi connectivity index (χ0) is 20.8. The summed E-state index contributed by atoms with van der Waals surface area (Å²) in [6, 6.07) is 11.7. The maximum absolute atomic E-state index is 13.4. The van der Waals surface area contributed by atoms with Crippen LogP contribution in [0.15, 0.2) is 47.5 Å². The van der Waals surface area contributed by atoms with E-state index in [1.807, 2.05) is 24.0 Å². The first-order chi connectivity index (χ1) is 14.0. The van der Waals surface area contributed by atoms with Crippen LogP contribution in [0.3, 0.4) is 0 Å². The standard InChI is InChI=1S/C22H26F2N4O/c1-15(16-9-10-19(23)20(24)12-16)27-22(25-2)26-11-5-8-21(29)28-13-17-6-3-4-7-18(17)14-28/h3-4,6-7,9-10,12,15H,5,8,11,13-14H2,1-2H3,(H2,25,26,27). The van der Waals surface area contributed by atoms with Gasteiger partial charge in [-0.25, -0.2) is 8.78 Å². The molecule has 7 heteroatoms. The lowest BCUT2D eigenvalue weighted by Gasteiger charge is -2.19. The molecule has 1 unspecified atom stereocenters. The Kier molecular flexibility index (Phi) is 6.80. The molecule has 2 N–H and O–H groups in total. The van der Waals surface area contributed by atoms with Gasteiger partial charge in [-0.2, -0.15) is 0 Å². The molecule has 154 valence electrons. The van der Waals surface area contributed by atoms with E-state index < -0.39 is 11.6 Å². The molecule has 0 aliphatic carbocycles. The molecule has 1 amide bonds. The average Bonchev–Trinajstić information content (AvgIpc) is 3.16. The molecular weight excluding hydrogens is 374 g/mol. The molecular formula is C22H26F2N4O. The summed E-state index contributed by atoms with van der Waals surface area (Å²) in [6.45, 7) is 3.78. The third kappa shape index (κ3) is 5.31. The van der Waals surface area contributed by atoms with E-state index in [4.69, 9.17) is 0 Å². The summed E-state index contributed by atoms with van der Waals surface area (Å²) in [4.78, 5) is 18.5. The molecule has 0 radical (unpaired) electrons. The van der Waals surface area contributed by atoms with Crippen LogP contribution in [0.4, 0.5) is 8.78 Å². The number of carbonyl (C=O) groups excluding carboxylic acids is 1. The first kappa shape index (κ1) is 20.8. The Balaban J connectivity index is 1.41. The SMILES string of the molecule is CN=C(NCCCC(=O)N1Cc2ccccc2C1)NC(C)c1ccc(F)c(F)c1. The number of amides is 1. The monoisotopic (exact) mass is 400 g/mol. The third-order valence-corrected chi connectivity index (χ3v) is 5.07. The summed E-state index contributed by atoms with van der Waals surface area (Å²) in [5.41, 5.74) is 3.06. The van der Waals surface area contributed by atoms with Crippen LogP contribution >= 0.6 is 0 Å². The van der Waals surface area contributed by atoms with Crippen LogP contribution in [-0.4, -0.2) is 30.4 Å². The van der Waals surface area contributed by atoms with E-state index in [-0.39, 0.29) is 11.9 Å². The summed E-state index contributed by atoms with van der Waals surface area (Å²) >= 11 is 0. The molecule has 0 bridgehead atoms. The highest BCUT2D eigenvalue weighted by Gasteiger charge is 2.22. The summed E-state index contributed by atoms with van der Waals surface area (Å²) in [5, 5.41) is 6.30. The molecule has 1 aliphatic heterocycles. The molecule has 0 fully saturated rings. The zero-order valence-electron chi connectivity index (χ0n) is 16.7. The Morgan fingerprint density at radius 3 is 2.45 bits per heavy atom. The lowest BCUT2D eigenvalue weighted by molar-refractivity contribution is -0.131. The summed E-state index contributed by atoms with van der Waals surface area (Å²) in [6.07, 6.45) is 1.13. The Hall–Kier alpha value is -2.96. The summed E-state index contributed by atoms with van der Waals surface area (Å²) in [7, 11) is 1.64. The summed E-state index contributed by atoms with van der Waals surface area (Å²) in [5.74, 6) is -1.06. The number of aliphatic imine (C=N–C) groups is 1. The lowest BCUT2D eigenvalue weighted by Crippen LogP contribution is -2.39. The Morgan fingerprint density at radius 2 is 1.83 bits per heavy atom. The van der Waals surface area contributed by atoms with Gasteiger partial charge in [-0.05, 0) is 42.2 Å². The van der Waals surface area contributed by atoms with Gasteiger partial charge < -0.3 is 15.5 Å². The van der Waals surface area contributed by atoms with Crippen LogP contribution < -0.4 is 10.6 Å². The van der Waals surface area contributed by atoms with Crippen LogP contribution in [0.25, 0.3) is 0 Å². The highest BCUT2D eigenvalue weighted by Crippen LogP contribution is 2.22. The number of hydrogen-bond donors (Lipinski definition) is 2. The van der Waals surface area contributed by atoms with Gasteiger partial charge in [0.15, 0.2) is 17.6 Å². The Labute approximate surface area is 169 Å². The van der Waals surface area contributed by atoms with Crippen LogP contribution in [0.2, 0.25) is 0 Å². The quantitative estimate of drug-likeness (QED) is 0.443. The maximum Gasteiger partial charge on any atom is 0.223 e. The van der Waals surface area contributed by atoms with Crippen molar-refractivity contribution in [1.29, 1.82) is 0 Å². The zero-order valence-corrected chi connectivity index (χ0v) is 16.7. The number of nitrogens with one attached hydrogen (secondary N) is 2. The second-order valence-electron chi connectivity index (χ2n) is 7.16. The van der Waals surface area contributed by atoms with E-state index in [1.165, 1.54) is 23.3 Å². The fourth-order valence-corrected chi connectivity index (χ4v) is 3.38. The van der Waals surface area contributed by atoms with Gasteiger partial charge in [-0.15, -0.1) is 0 Å². The van der Waals surface area contributed by atoms with E-state index in [1.54, 1.807) is 7.05 Å². The minimum absolute atomic E-state index is 0.140. The van der Waals surface area contributed by atoms with Crippen molar-refractivity contribution in [2.45, 2.75) is 38.9 Å². The molecule has 3 rings (SSSR count). The predicted octanol–water partition coefficient (Wildman–Crippen LogP) is 3.51. The molecule has 1 atom stereocenters. The number of guanidine groups is 1. The van der Waals surface area contributed by atoms with Crippen molar-refractivity contribution in [2.24, 2.45) is 4.99 Å². The number of nitrogens with zero attached hydrogens (tertiary/aromatic N) is 2. The molecule has 0 saturated heterocycles. The van der Waals surface area contributed by atoms with Gasteiger partial charge in [0.1, 0.15) is 0 Å². The van der Waals surface area contributed by atoms with E-state index in [0.29, 0.717) is 44.0 Å². The van der Waals surface area contributed by atoms with Crippen LogP contribution in [0.1, 0.15) is 42.5 Å². The molecule has 0 aromatic heterocycles. The number of hydrogen-bond acceptors (Lipinski definition) is 2. The number of halogens is 2.